The van der Waals surface area contributed by atoms with Gasteiger partial charge in [-0.1, -0.05) is 6.42 Å². The van der Waals surface area contributed by atoms with Crippen molar-refractivity contribution in [2.45, 2.75) is 36.9 Å². The molecule has 98 valence electrons. The van der Waals surface area contributed by atoms with Crippen LogP contribution in [0.3, 0.4) is 0 Å². The first-order valence-electron chi connectivity index (χ1n) is 5.87. The lowest BCUT2D eigenvalue weighted by Gasteiger charge is -2.40. The Balaban J connectivity index is 2.07. The molecule has 0 aromatic carbocycles. The number of rotatable bonds is 7. The zero-order valence-electron chi connectivity index (χ0n) is 10.1. The van der Waals surface area contributed by atoms with Gasteiger partial charge in [0.2, 0.25) is 0 Å². The van der Waals surface area contributed by atoms with E-state index < -0.39 is 5.97 Å². The first-order valence-corrected chi connectivity index (χ1v) is 7.09. The number of aliphatic carboxylic acids is 1. The molecule has 0 aliphatic heterocycles. The van der Waals surface area contributed by atoms with Gasteiger partial charge in [0.15, 0.2) is 0 Å². The van der Waals surface area contributed by atoms with Gasteiger partial charge in [0.25, 0.3) is 0 Å². The number of urea groups is 1. The summed E-state index contributed by atoms with van der Waals surface area (Å²) in [6.45, 7) is 1.10. The van der Waals surface area contributed by atoms with E-state index in [0.29, 0.717) is 19.5 Å². The summed E-state index contributed by atoms with van der Waals surface area (Å²) in [5, 5.41) is 13.9. The van der Waals surface area contributed by atoms with Crippen molar-refractivity contribution in [3.8, 4) is 0 Å². The van der Waals surface area contributed by atoms with Crippen molar-refractivity contribution in [2.75, 3.05) is 19.3 Å². The van der Waals surface area contributed by atoms with Crippen molar-refractivity contribution in [1.29, 1.82) is 0 Å². The van der Waals surface area contributed by atoms with Gasteiger partial charge in [0.05, 0.1) is 0 Å². The second-order valence-electron chi connectivity index (χ2n) is 4.35. The maximum Gasteiger partial charge on any atom is 0.314 e. The van der Waals surface area contributed by atoms with Gasteiger partial charge in [-0.25, -0.2) is 4.79 Å². The van der Waals surface area contributed by atoms with Gasteiger partial charge < -0.3 is 15.7 Å². The molecule has 0 heterocycles. The molecule has 0 aromatic rings. The molecule has 1 aliphatic rings. The van der Waals surface area contributed by atoms with Gasteiger partial charge in [0, 0.05) is 24.3 Å². The molecule has 0 radical (unpaired) electrons. The summed E-state index contributed by atoms with van der Waals surface area (Å²) in [4.78, 5) is 21.7. The highest BCUT2D eigenvalue weighted by Crippen LogP contribution is 2.42. The minimum Gasteiger partial charge on any atom is -0.481 e. The van der Waals surface area contributed by atoms with E-state index in [4.69, 9.17) is 5.11 Å². The third kappa shape index (κ3) is 4.85. The van der Waals surface area contributed by atoms with E-state index in [1.165, 1.54) is 6.42 Å². The highest BCUT2D eigenvalue weighted by atomic mass is 32.2. The van der Waals surface area contributed by atoms with Gasteiger partial charge in [-0.05, 0) is 25.5 Å². The first-order chi connectivity index (χ1) is 8.08. The molecule has 2 amide bonds. The summed E-state index contributed by atoms with van der Waals surface area (Å²) >= 11 is 1.81. The van der Waals surface area contributed by atoms with E-state index in [1.54, 1.807) is 0 Å². The molecule has 0 unspecified atom stereocenters. The first kappa shape index (κ1) is 14.2. The Morgan fingerprint density at radius 3 is 2.53 bits per heavy atom. The van der Waals surface area contributed by atoms with Crippen LogP contribution in [0.1, 0.15) is 32.1 Å². The second-order valence-corrected chi connectivity index (χ2v) is 5.62. The molecular formula is C11H20N2O3S. The minimum absolute atomic E-state index is 0.0923. The number of nitrogens with one attached hydrogen (secondary N) is 2. The average molecular weight is 260 g/mol. The summed E-state index contributed by atoms with van der Waals surface area (Å²) in [6, 6.07) is -0.198. The molecule has 1 rings (SSSR count). The largest absolute Gasteiger partial charge is 0.481 e. The van der Waals surface area contributed by atoms with Crippen LogP contribution < -0.4 is 10.6 Å². The third-order valence-corrected chi connectivity index (χ3v) is 4.54. The van der Waals surface area contributed by atoms with Crippen molar-refractivity contribution >= 4 is 23.8 Å². The maximum atomic E-state index is 11.4. The number of amides is 2. The Kier molecular flexibility index (Phi) is 5.61. The monoisotopic (exact) mass is 260 g/mol. The van der Waals surface area contributed by atoms with Crippen LogP contribution >= 0.6 is 11.8 Å². The fourth-order valence-electron chi connectivity index (χ4n) is 1.77. The van der Waals surface area contributed by atoms with Crippen molar-refractivity contribution < 1.29 is 14.7 Å². The number of thioether (sulfide) groups is 1. The predicted molar refractivity (Wildman–Crippen MR) is 68.4 cm³/mol. The van der Waals surface area contributed by atoms with E-state index >= 15 is 0 Å². The van der Waals surface area contributed by atoms with Gasteiger partial charge in [-0.2, -0.15) is 11.8 Å². The topological polar surface area (TPSA) is 78.4 Å². The fraction of sp³-hybridized carbons (Fsp3) is 0.818. The highest BCUT2D eigenvalue weighted by Gasteiger charge is 2.36. The van der Waals surface area contributed by atoms with Crippen molar-refractivity contribution in [3.05, 3.63) is 0 Å². The molecule has 1 saturated carbocycles. The Morgan fingerprint density at radius 2 is 2.06 bits per heavy atom. The van der Waals surface area contributed by atoms with Crippen LogP contribution in [0.5, 0.6) is 0 Å². The minimum atomic E-state index is -0.831. The summed E-state index contributed by atoms with van der Waals surface area (Å²) in [5.74, 6) is -0.831. The van der Waals surface area contributed by atoms with Gasteiger partial charge in [-0.15, -0.1) is 0 Å². The molecule has 3 N–H and O–H groups in total. The van der Waals surface area contributed by atoms with E-state index in [1.807, 2.05) is 11.8 Å². The van der Waals surface area contributed by atoms with Crippen LogP contribution in [0.15, 0.2) is 0 Å². The normalized spacial score (nSPS) is 17.0. The molecule has 1 fully saturated rings. The van der Waals surface area contributed by atoms with Crippen LogP contribution in [0.25, 0.3) is 0 Å². The predicted octanol–water partition coefficient (Wildman–Crippen LogP) is 1.44. The Hall–Kier alpha value is -0.910. The van der Waals surface area contributed by atoms with Gasteiger partial charge in [-0.3, -0.25) is 4.79 Å². The molecule has 6 heteroatoms. The summed E-state index contributed by atoms with van der Waals surface area (Å²) in [6.07, 6.45) is 6.20. The summed E-state index contributed by atoms with van der Waals surface area (Å²) in [7, 11) is 0. The lowest BCUT2D eigenvalue weighted by atomic mass is 9.84. The van der Waals surface area contributed by atoms with Crippen molar-refractivity contribution in [3.63, 3.8) is 0 Å². The molecule has 0 atom stereocenters. The summed E-state index contributed by atoms with van der Waals surface area (Å²) in [5.41, 5.74) is 0. The number of carboxylic acids is 1. The Labute approximate surface area is 106 Å². The van der Waals surface area contributed by atoms with Gasteiger partial charge >= 0.3 is 12.0 Å². The van der Waals surface area contributed by atoms with Crippen LogP contribution in [0, 0.1) is 0 Å². The maximum absolute atomic E-state index is 11.4. The van der Waals surface area contributed by atoms with Crippen LogP contribution in [-0.4, -0.2) is 41.2 Å². The lowest BCUT2D eigenvalue weighted by molar-refractivity contribution is -0.137. The van der Waals surface area contributed by atoms with E-state index in [0.717, 1.165) is 12.8 Å². The number of hydrogen-bond acceptors (Lipinski definition) is 3. The summed E-state index contributed by atoms with van der Waals surface area (Å²) < 4.78 is 0.235. The van der Waals surface area contributed by atoms with Crippen molar-refractivity contribution in [2.24, 2.45) is 0 Å². The van der Waals surface area contributed by atoms with Crippen LogP contribution in [-0.2, 0) is 4.79 Å². The lowest BCUT2D eigenvalue weighted by Crippen LogP contribution is -2.48. The SMILES string of the molecule is CSC1(CNC(=O)NCCCC(=O)O)CCC1. The van der Waals surface area contributed by atoms with Crippen LogP contribution in [0.2, 0.25) is 0 Å². The number of carboxylic acid groups (broad SMARTS) is 1. The van der Waals surface area contributed by atoms with Gasteiger partial charge in [0.1, 0.15) is 0 Å². The zero-order valence-corrected chi connectivity index (χ0v) is 10.9. The molecule has 0 saturated heterocycles. The average Bonchev–Trinajstić information content (AvgIpc) is 2.23. The van der Waals surface area contributed by atoms with Crippen molar-refractivity contribution in [1.82, 2.24) is 10.6 Å². The number of carbonyl (C=O) groups excluding carboxylic acids is 1. The standard InChI is InChI=1S/C11H20N2O3S/c1-17-11(5-3-6-11)8-13-10(16)12-7-2-4-9(14)15/h2-8H2,1H3,(H,14,15)(H2,12,13,16). The molecule has 0 aromatic heterocycles. The second kappa shape index (κ2) is 6.74. The number of hydrogen-bond donors (Lipinski definition) is 3. The third-order valence-electron chi connectivity index (χ3n) is 3.12. The quantitative estimate of drug-likeness (QED) is 0.605. The highest BCUT2D eigenvalue weighted by molar-refractivity contribution is 8.00. The molecule has 5 nitrogen and oxygen atoms in total. The van der Waals surface area contributed by atoms with E-state index in [2.05, 4.69) is 16.9 Å². The molecular weight excluding hydrogens is 240 g/mol. The molecule has 0 spiro atoms. The van der Waals surface area contributed by atoms with E-state index in [9.17, 15) is 9.59 Å². The van der Waals surface area contributed by atoms with Crippen LogP contribution in [0.4, 0.5) is 4.79 Å². The molecule has 0 bridgehead atoms. The fourth-order valence-corrected chi connectivity index (χ4v) is 2.68. The molecule has 17 heavy (non-hydrogen) atoms. The smallest absolute Gasteiger partial charge is 0.314 e. The van der Waals surface area contributed by atoms with E-state index in [-0.39, 0.29) is 17.2 Å². The molecule has 1 aliphatic carbocycles. The Morgan fingerprint density at radius 1 is 1.35 bits per heavy atom. The number of carbonyl (C=O) groups is 2. The Bertz CT molecular complexity index is 274. The zero-order chi connectivity index (χ0) is 12.7.